The number of nitrogen functional groups attached to an aromatic ring is 1. The first kappa shape index (κ1) is 15.1. The molecule has 0 atom stereocenters. The predicted molar refractivity (Wildman–Crippen MR) is 70.7 cm³/mol. The molecule has 9 heteroatoms. The van der Waals surface area contributed by atoms with Gasteiger partial charge in [-0.05, 0) is 19.3 Å². The normalized spacial score (nSPS) is 10.2. The first-order valence-corrected chi connectivity index (χ1v) is 5.89. The summed E-state index contributed by atoms with van der Waals surface area (Å²) >= 11 is 0. The molecule has 0 saturated heterocycles. The van der Waals surface area contributed by atoms with Crippen LogP contribution >= 0.6 is 0 Å². The summed E-state index contributed by atoms with van der Waals surface area (Å²) in [5.41, 5.74) is 1.94. The molecule has 0 aliphatic heterocycles. The van der Waals surface area contributed by atoms with Crippen molar-refractivity contribution in [3.63, 3.8) is 0 Å². The minimum absolute atomic E-state index is 0.0121. The van der Waals surface area contributed by atoms with Gasteiger partial charge >= 0.3 is 5.69 Å². The molecule has 0 bridgehead atoms. The molecule has 0 spiro atoms. The van der Waals surface area contributed by atoms with E-state index in [1.165, 1.54) is 6.33 Å². The Kier molecular flexibility index (Phi) is 6.47. The van der Waals surface area contributed by atoms with Crippen LogP contribution in [-0.4, -0.2) is 35.2 Å². The van der Waals surface area contributed by atoms with E-state index in [4.69, 9.17) is 10.6 Å². The van der Waals surface area contributed by atoms with E-state index >= 15 is 0 Å². The van der Waals surface area contributed by atoms with Gasteiger partial charge in [-0.25, -0.2) is 15.8 Å². The first-order chi connectivity index (χ1) is 9.20. The fraction of sp³-hybridized carbons (Fsp3) is 0.600. The van der Waals surface area contributed by atoms with Crippen LogP contribution < -0.4 is 16.6 Å². The summed E-state index contributed by atoms with van der Waals surface area (Å²) < 4.78 is 4.94. The van der Waals surface area contributed by atoms with Crippen LogP contribution in [0, 0.1) is 10.1 Å². The van der Waals surface area contributed by atoms with Crippen molar-refractivity contribution in [2.45, 2.75) is 19.3 Å². The second-order valence-corrected chi connectivity index (χ2v) is 3.80. The molecular formula is C10H18N6O3. The molecule has 1 aromatic heterocycles. The van der Waals surface area contributed by atoms with Gasteiger partial charge in [-0.3, -0.25) is 10.1 Å². The smallest absolute Gasteiger partial charge is 0.354 e. The van der Waals surface area contributed by atoms with E-state index in [0.29, 0.717) is 6.54 Å². The number of methoxy groups -OCH3 is 1. The molecule has 0 fully saturated rings. The Morgan fingerprint density at radius 3 is 2.74 bits per heavy atom. The quantitative estimate of drug-likeness (QED) is 0.261. The second-order valence-electron chi connectivity index (χ2n) is 3.80. The molecule has 0 amide bonds. The summed E-state index contributed by atoms with van der Waals surface area (Å²) in [5, 5.41) is 13.9. The van der Waals surface area contributed by atoms with Crippen molar-refractivity contribution < 1.29 is 9.66 Å². The number of hydrogen-bond acceptors (Lipinski definition) is 8. The van der Waals surface area contributed by atoms with E-state index in [1.54, 1.807) is 7.11 Å². The number of nitrogens with one attached hydrogen (secondary N) is 2. The van der Waals surface area contributed by atoms with Gasteiger partial charge in [0.2, 0.25) is 11.6 Å². The third-order valence-electron chi connectivity index (χ3n) is 2.46. The molecule has 1 rings (SSSR count). The SMILES string of the molecule is COCCCCCNc1ncnc(NN)c1[N+](=O)[O-]. The molecule has 1 heterocycles. The Bertz CT molecular complexity index is 414. The van der Waals surface area contributed by atoms with Gasteiger partial charge in [0.05, 0.1) is 4.92 Å². The van der Waals surface area contributed by atoms with Crippen LogP contribution in [0.15, 0.2) is 6.33 Å². The van der Waals surface area contributed by atoms with Gasteiger partial charge < -0.3 is 15.5 Å². The number of unbranched alkanes of at least 4 members (excludes halogenated alkanes) is 2. The number of rotatable bonds is 9. The van der Waals surface area contributed by atoms with Crippen LogP contribution in [0.5, 0.6) is 0 Å². The molecule has 9 nitrogen and oxygen atoms in total. The topological polar surface area (TPSA) is 128 Å². The van der Waals surface area contributed by atoms with Gasteiger partial charge in [0, 0.05) is 20.3 Å². The van der Waals surface area contributed by atoms with Crippen LogP contribution in [0.25, 0.3) is 0 Å². The van der Waals surface area contributed by atoms with Crippen LogP contribution in [0.1, 0.15) is 19.3 Å². The lowest BCUT2D eigenvalue weighted by Gasteiger charge is -2.07. The summed E-state index contributed by atoms with van der Waals surface area (Å²) in [6.45, 7) is 1.31. The van der Waals surface area contributed by atoms with Crippen LogP contribution in [0.4, 0.5) is 17.3 Å². The van der Waals surface area contributed by atoms with E-state index in [9.17, 15) is 10.1 Å². The fourth-order valence-electron chi connectivity index (χ4n) is 1.54. The average molecular weight is 270 g/mol. The molecule has 19 heavy (non-hydrogen) atoms. The molecule has 0 aliphatic carbocycles. The van der Waals surface area contributed by atoms with Gasteiger partial charge in [-0.2, -0.15) is 0 Å². The number of nitrogens with two attached hydrogens (primary N) is 1. The molecule has 0 aromatic carbocycles. The van der Waals surface area contributed by atoms with E-state index < -0.39 is 4.92 Å². The van der Waals surface area contributed by atoms with Crippen molar-refractivity contribution in [3.05, 3.63) is 16.4 Å². The summed E-state index contributed by atoms with van der Waals surface area (Å²) in [4.78, 5) is 17.9. The number of hydrogen-bond donors (Lipinski definition) is 3. The highest BCUT2D eigenvalue weighted by Gasteiger charge is 2.21. The van der Waals surface area contributed by atoms with Gasteiger partial charge in [0.1, 0.15) is 6.33 Å². The summed E-state index contributed by atoms with van der Waals surface area (Å²) in [7, 11) is 1.66. The van der Waals surface area contributed by atoms with E-state index in [0.717, 1.165) is 25.9 Å². The van der Waals surface area contributed by atoms with Crippen LogP contribution in [-0.2, 0) is 4.74 Å². The highest BCUT2D eigenvalue weighted by molar-refractivity contribution is 5.68. The summed E-state index contributed by atoms with van der Waals surface area (Å²) in [6.07, 6.45) is 4.02. The van der Waals surface area contributed by atoms with Crippen molar-refractivity contribution in [1.82, 2.24) is 9.97 Å². The van der Waals surface area contributed by atoms with Gasteiger partial charge in [-0.15, -0.1) is 0 Å². The molecule has 0 unspecified atom stereocenters. The number of anilines is 2. The number of nitro groups is 1. The molecule has 1 aromatic rings. The molecule has 0 aliphatic rings. The monoisotopic (exact) mass is 270 g/mol. The third-order valence-corrected chi connectivity index (χ3v) is 2.46. The lowest BCUT2D eigenvalue weighted by Crippen LogP contribution is -2.14. The standard InChI is InChI=1S/C10H18N6O3/c1-19-6-4-2-3-5-12-9-8(16(17)18)10(15-11)14-7-13-9/h7H,2-6,11H2,1H3,(H2,12,13,14,15). The molecule has 4 N–H and O–H groups in total. The lowest BCUT2D eigenvalue weighted by molar-refractivity contribution is -0.383. The third kappa shape index (κ3) is 4.64. The van der Waals surface area contributed by atoms with Gasteiger partial charge in [-0.1, -0.05) is 0 Å². The van der Waals surface area contributed by atoms with Crippen molar-refractivity contribution in [1.29, 1.82) is 0 Å². The number of nitrogens with zero attached hydrogens (tertiary/aromatic N) is 3. The molecule has 0 radical (unpaired) electrons. The van der Waals surface area contributed by atoms with Crippen molar-refractivity contribution >= 4 is 17.3 Å². The van der Waals surface area contributed by atoms with Gasteiger partial charge in [0.15, 0.2) is 0 Å². The Labute approximate surface area is 110 Å². The number of ether oxygens (including phenoxy) is 1. The Morgan fingerprint density at radius 2 is 2.11 bits per heavy atom. The van der Waals surface area contributed by atoms with E-state index in [-0.39, 0.29) is 17.3 Å². The average Bonchev–Trinajstić information content (AvgIpc) is 2.42. The largest absolute Gasteiger partial charge is 0.385 e. The van der Waals surface area contributed by atoms with Gasteiger partial charge in [0.25, 0.3) is 0 Å². The fourth-order valence-corrected chi connectivity index (χ4v) is 1.54. The minimum atomic E-state index is -0.567. The molecular weight excluding hydrogens is 252 g/mol. The van der Waals surface area contributed by atoms with Crippen LogP contribution in [0.2, 0.25) is 0 Å². The lowest BCUT2D eigenvalue weighted by atomic mass is 10.2. The maximum Gasteiger partial charge on any atom is 0.354 e. The van der Waals surface area contributed by atoms with Crippen LogP contribution in [0.3, 0.4) is 0 Å². The maximum absolute atomic E-state index is 10.9. The zero-order chi connectivity index (χ0) is 14.1. The predicted octanol–water partition coefficient (Wildman–Crippen LogP) is 0.899. The number of aromatic nitrogens is 2. The summed E-state index contributed by atoms with van der Waals surface area (Å²) in [5.74, 6) is 5.33. The molecule has 0 saturated carbocycles. The second kappa shape index (κ2) is 8.16. The zero-order valence-corrected chi connectivity index (χ0v) is 10.8. The maximum atomic E-state index is 10.9. The Hall–Kier alpha value is -2.00. The van der Waals surface area contributed by atoms with Crippen molar-refractivity contribution in [3.8, 4) is 0 Å². The first-order valence-electron chi connectivity index (χ1n) is 5.89. The number of hydrazine groups is 1. The van der Waals surface area contributed by atoms with E-state index in [2.05, 4.69) is 20.7 Å². The molecule has 106 valence electrons. The zero-order valence-electron chi connectivity index (χ0n) is 10.8. The Morgan fingerprint density at radius 1 is 1.37 bits per heavy atom. The minimum Gasteiger partial charge on any atom is -0.385 e. The highest BCUT2D eigenvalue weighted by atomic mass is 16.6. The summed E-state index contributed by atoms with van der Waals surface area (Å²) in [6, 6.07) is 0. The van der Waals surface area contributed by atoms with Crippen molar-refractivity contribution in [2.75, 3.05) is 31.0 Å². The highest BCUT2D eigenvalue weighted by Crippen LogP contribution is 2.27. The Balaban J connectivity index is 2.55. The van der Waals surface area contributed by atoms with Crippen molar-refractivity contribution in [2.24, 2.45) is 5.84 Å². The van der Waals surface area contributed by atoms with E-state index in [1.807, 2.05) is 0 Å².